The minimum atomic E-state index is -0.433. The summed E-state index contributed by atoms with van der Waals surface area (Å²) < 4.78 is 1.72. The number of amides is 1. The van der Waals surface area contributed by atoms with Crippen molar-refractivity contribution in [2.45, 2.75) is 24.9 Å². The molecule has 1 N–H and O–H groups in total. The zero-order chi connectivity index (χ0) is 13.1. The third-order valence-corrected chi connectivity index (χ3v) is 4.61. The Hall–Kier alpha value is -1.01. The van der Waals surface area contributed by atoms with Crippen LogP contribution in [0, 0.1) is 0 Å². The van der Waals surface area contributed by atoms with E-state index in [1.165, 1.54) is 10.7 Å². The molecule has 1 spiro atoms. The molecule has 0 saturated heterocycles. The van der Waals surface area contributed by atoms with Crippen molar-refractivity contribution in [3.8, 4) is 0 Å². The Morgan fingerprint density at radius 1 is 1.44 bits per heavy atom. The number of nitrogens with zero attached hydrogens (tertiary/aromatic N) is 2. The number of halogens is 2. The lowest BCUT2D eigenvalue weighted by atomic mass is 9.83. The highest BCUT2D eigenvalue weighted by atomic mass is 79.9. The van der Waals surface area contributed by atoms with Crippen LogP contribution in [0.3, 0.4) is 0 Å². The second-order valence-corrected chi connectivity index (χ2v) is 5.93. The van der Waals surface area contributed by atoms with Gasteiger partial charge < -0.3 is 5.32 Å². The predicted molar refractivity (Wildman–Crippen MR) is 71.6 cm³/mol. The van der Waals surface area contributed by atoms with E-state index in [1.54, 1.807) is 12.1 Å². The van der Waals surface area contributed by atoms with Gasteiger partial charge in [-0.1, -0.05) is 11.6 Å². The molecule has 5 nitrogen and oxygen atoms in total. The van der Waals surface area contributed by atoms with E-state index in [1.807, 2.05) is 0 Å². The van der Waals surface area contributed by atoms with E-state index in [-0.39, 0.29) is 22.2 Å². The summed E-state index contributed by atoms with van der Waals surface area (Å²) in [7, 11) is 1.80. The number of aromatic nitrogens is 1. The van der Waals surface area contributed by atoms with Crippen LogP contribution in [-0.4, -0.2) is 23.3 Å². The fourth-order valence-electron chi connectivity index (χ4n) is 2.54. The standard InChI is InChI=1S/C11H11BrClN3O2/c1-15-11(3-2-4-11)14-9(17)8-7(13)5-6(12)10(18)16(8)15/h5H,2-4H2,1H3,(H,14,17). The van der Waals surface area contributed by atoms with Gasteiger partial charge in [-0.25, -0.2) is 4.68 Å². The SMILES string of the molecule is CN1n2c(c(Cl)cc(Br)c2=O)C(=O)NC12CCC2. The molecule has 0 aromatic carbocycles. The van der Waals surface area contributed by atoms with Crippen LogP contribution in [0.25, 0.3) is 0 Å². The zero-order valence-corrected chi connectivity index (χ0v) is 12.0. The average molecular weight is 333 g/mol. The van der Waals surface area contributed by atoms with Crippen LogP contribution in [0.2, 0.25) is 5.02 Å². The van der Waals surface area contributed by atoms with Gasteiger partial charge >= 0.3 is 0 Å². The Morgan fingerprint density at radius 2 is 2.11 bits per heavy atom. The van der Waals surface area contributed by atoms with E-state index in [9.17, 15) is 9.59 Å². The number of pyridine rings is 1. The summed E-state index contributed by atoms with van der Waals surface area (Å²) in [6.45, 7) is 0. The number of nitrogens with one attached hydrogen (secondary N) is 1. The van der Waals surface area contributed by atoms with Crippen molar-refractivity contribution in [2.24, 2.45) is 0 Å². The smallest absolute Gasteiger partial charge is 0.284 e. The molecule has 0 unspecified atom stereocenters. The summed E-state index contributed by atoms with van der Waals surface area (Å²) in [5.41, 5.74) is -0.499. The molecule has 1 aliphatic carbocycles. The molecule has 1 aromatic heterocycles. The number of hydrogen-bond acceptors (Lipinski definition) is 3. The monoisotopic (exact) mass is 331 g/mol. The number of fused-ring (bicyclic) bond motifs is 1. The van der Waals surface area contributed by atoms with Crippen LogP contribution in [0.15, 0.2) is 15.3 Å². The highest BCUT2D eigenvalue weighted by Gasteiger charge is 2.47. The van der Waals surface area contributed by atoms with Crippen molar-refractivity contribution in [3.63, 3.8) is 0 Å². The Kier molecular flexibility index (Phi) is 2.50. The van der Waals surface area contributed by atoms with Crippen molar-refractivity contribution >= 4 is 33.4 Å². The molecule has 2 aliphatic rings. The van der Waals surface area contributed by atoms with E-state index < -0.39 is 5.66 Å². The third-order valence-electron chi connectivity index (χ3n) is 3.75. The van der Waals surface area contributed by atoms with Crippen molar-refractivity contribution in [1.29, 1.82) is 0 Å². The maximum Gasteiger partial charge on any atom is 0.284 e. The normalized spacial score (nSPS) is 20.4. The molecule has 0 radical (unpaired) electrons. The van der Waals surface area contributed by atoms with Crippen molar-refractivity contribution < 1.29 is 4.79 Å². The molecule has 7 heteroatoms. The molecule has 2 heterocycles. The zero-order valence-electron chi connectivity index (χ0n) is 9.67. The van der Waals surface area contributed by atoms with E-state index in [0.29, 0.717) is 4.47 Å². The minimum absolute atomic E-state index is 0.199. The summed E-state index contributed by atoms with van der Waals surface area (Å²) in [6, 6.07) is 1.46. The Labute approximate surface area is 117 Å². The van der Waals surface area contributed by atoms with Crippen molar-refractivity contribution in [1.82, 2.24) is 9.99 Å². The molecule has 1 aliphatic heterocycles. The largest absolute Gasteiger partial charge is 0.327 e. The fourth-order valence-corrected chi connectivity index (χ4v) is 3.34. The maximum absolute atomic E-state index is 12.2. The predicted octanol–water partition coefficient (Wildman–Crippen LogP) is 1.46. The molecular formula is C11H11BrClN3O2. The first-order valence-electron chi connectivity index (χ1n) is 5.64. The molecule has 3 rings (SSSR count). The summed E-state index contributed by atoms with van der Waals surface area (Å²) in [4.78, 5) is 24.3. The molecular weight excluding hydrogens is 321 g/mol. The Morgan fingerprint density at radius 3 is 2.67 bits per heavy atom. The number of rotatable bonds is 0. The van der Waals surface area contributed by atoms with Crippen molar-refractivity contribution in [3.05, 3.63) is 31.6 Å². The molecule has 1 amide bonds. The topological polar surface area (TPSA) is 54.3 Å². The molecule has 0 atom stereocenters. The van der Waals surface area contributed by atoms with Gasteiger partial charge in [0.25, 0.3) is 11.5 Å². The third kappa shape index (κ3) is 1.39. The average Bonchev–Trinajstić information content (AvgIpc) is 2.26. The van der Waals surface area contributed by atoms with Crippen LogP contribution in [0.4, 0.5) is 0 Å². The van der Waals surface area contributed by atoms with E-state index >= 15 is 0 Å². The van der Waals surface area contributed by atoms with Gasteiger partial charge in [0, 0.05) is 7.05 Å². The van der Waals surface area contributed by atoms with Crippen LogP contribution < -0.4 is 15.9 Å². The van der Waals surface area contributed by atoms with Crippen LogP contribution in [0.5, 0.6) is 0 Å². The van der Waals surface area contributed by atoms with E-state index in [4.69, 9.17) is 11.6 Å². The van der Waals surface area contributed by atoms with Crippen LogP contribution in [0.1, 0.15) is 29.8 Å². The van der Waals surface area contributed by atoms with Gasteiger partial charge in [-0.2, -0.15) is 0 Å². The van der Waals surface area contributed by atoms with Gasteiger partial charge in [-0.15, -0.1) is 0 Å². The maximum atomic E-state index is 12.2. The second-order valence-electron chi connectivity index (χ2n) is 4.67. The van der Waals surface area contributed by atoms with Crippen LogP contribution in [-0.2, 0) is 0 Å². The first-order chi connectivity index (χ1) is 8.46. The van der Waals surface area contributed by atoms with Gasteiger partial charge in [-0.05, 0) is 41.3 Å². The Balaban J connectivity index is 2.29. The first-order valence-corrected chi connectivity index (χ1v) is 6.81. The molecule has 18 heavy (non-hydrogen) atoms. The first kappa shape index (κ1) is 12.0. The lowest BCUT2D eigenvalue weighted by Crippen LogP contribution is -2.72. The van der Waals surface area contributed by atoms with Crippen LogP contribution >= 0.6 is 27.5 Å². The van der Waals surface area contributed by atoms with E-state index in [2.05, 4.69) is 21.2 Å². The van der Waals surface area contributed by atoms with Gasteiger partial charge in [0.15, 0.2) is 0 Å². The number of hydrogen-bond donors (Lipinski definition) is 1. The lowest BCUT2D eigenvalue weighted by molar-refractivity contribution is 0.0699. The molecule has 1 saturated carbocycles. The van der Waals surface area contributed by atoms with Gasteiger partial charge in [0.05, 0.1) is 9.50 Å². The van der Waals surface area contributed by atoms with Crippen molar-refractivity contribution in [2.75, 3.05) is 12.1 Å². The second kappa shape index (κ2) is 3.74. The highest BCUT2D eigenvalue weighted by molar-refractivity contribution is 9.10. The van der Waals surface area contributed by atoms with Gasteiger partial charge in [0.2, 0.25) is 0 Å². The molecule has 1 aromatic rings. The van der Waals surface area contributed by atoms with Gasteiger partial charge in [-0.3, -0.25) is 14.6 Å². The molecule has 1 fully saturated rings. The van der Waals surface area contributed by atoms with E-state index in [0.717, 1.165) is 19.3 Å². The van der Waals surface area contributed by atoms with Gasteiger partial charge in [0.1, 0.15) is 11.4 Å². The summed E-state index contributed by atoms with van der Waals surface area (Å²) in [5.74, 6) is -0.289. The Bertz CT molecular complexity index is 609. The quantitative estimate of drug-likeness (QED) is 0.782. The minimum Gasteiger partial charge on any atom is -0.327 e. The number of carbonyl (C=O) groups is 1. The summed E-state index contributed by atoms with van der Waals surface area (Å²) in [5, 5.41) is 5.00. The summed E-state index contributed by atoms with van der Waals surface area (Å²) in [6.07, 6.45) is 2.72. The summed E-state index contributed by atoms with van der Waals surface area (Å²) >= 11 is 9.23. The molecule has 0 bridgehead atoms. The highest BCUT2D eigenvalue weighted by Crippen LogP contribution is 2.36. The fraction of sp³-hybridized carbons (Fsp3) is 0.455. The lowest BCUT2D eigenvalue weighted by Gasteiger charge is -2.53. The molecule has 96 valence electrons. The number of carbonyl (C=O) groups excluding carboxylic acids is 1.